The molecule has 0 spiro atoms. The maximum Gasteiger partial charge on any atom is 0.124 e. The topological polar surface area (TPSA) is 35.2 Å². The zero-order valence-corrected chi connectivity index (χ0v) is 11.9. The van der Waals surface area contributed by atoms with Crippen molar-refractivity contribution in [2.24, 2.45) is 0 Å². The number of anilines is 1. The molecular weight excluding hydrogens is 285 g/mol. The highest BCUT2D eigenvalue weighted by atomic mass is 35.5. The van der Waals surface area contributed by atoms with Gasteiger partial charge in [0.1, 0.15) is 11.6 Å². The summed E-state index contributed by atoms with van der Waals surface area (Å²) in [7, 11) is 1.61. The molecule has 0 saturated carbocycles. The quantitative estimate of drug-likeness (QED) is 0.672. The smallest absolute Gasteiger partial charge is 0.124 e. The van der Waals surface area contributed by atoms with Gasteiger partial charge in [-0.1, -0.05) is 11.6 Å². The predicted octanol–water partition coefficient (Wildman–Crippen LogP) is 4.36. The summed E-state index contributed by atoms with van der Waals surface area (Å²) in [5.41, 5.74) is 7.32. The summed E-state index contributed by atoms with van der Waals surface area (Å²) in [5.74, 6) is 1.07. The van der Waals surface area contributed by atoms with E-state index >= 15 is 0 Å². The summed E-state index contributed by atoms with van der Waals surface area (Å²) in [6, 6.07) is 9.75. The fraction of sp³-hybridized carbons (Fsp3) is 0.143. The summed E-state index contributed by atoms with van der Waals surface area (Å²) < 4.78 is 18.4. The molecule has 2 rings (SSSR count). The number of methoxy groups -OCH3 is 1. The molecule has 0 aliphatic carbocycles. The maximum atomic E-state index is 13.2. The van der Waals surface area contributed by atoms with Crippen molar-refractivity contribution < 1.29 is 9.13 Å². The number of hydrogen-bond acceptors (Lipinski definition) is 3. The SMILES string of the molecule is COc1ccc(Cl)cc1CSc1cc(F)ccc1N. The van der Waals surface area contributed by atoms with E-state index in [0.717, 1.165) is 11.3 Å². The van der Waals surface area contributed by atoms with E-state index in [0.29, 0.717) is 21.4 Å². The van der Waals surface area contributed by atoms with Crippen LogP contribution in [-0.4, -0.2) is 7.11 Å². The molecule has 19 heavy (non-hydrogen) atoms. The molecule has 2 aromatic carbocycles. The fourth-order valence-electron chi connectivity index (χ4n) is 1.65. The Kier molecular flexibility index (Phi) is 4.56. The lowest BCUT2D eigenvalue weighted by Gasteiger charge is -2.10. The molecule has 0 fully saturated rings. The van der Waals surface area contributed by atoms with E-state index in [1.807, 2.05) is 12.1 Å². The van der Waals surface area contributed by atoms with E-state index in [-0.39, 0.29) is 5.82 Å². The average molecular weight is 298 g/mol. The van der Waals surface area contributed by atoms with Crippen LogP contribution < -0.4 is 10.5 Å². The third-order valence-electron chi connectivity index (χ3n) is 2.60. The number of nitrogens with two attached hydrogens (primary N) is 1. The average Bonchev–Trinajstić information content (AvgIpc) is 2.40. The zero-order chi connectivity index (χ0) is 13.8. The van der Waals surface area contributed by atoms with Crippen LogP contribution in [0.25, 0.3) is 0 Å². The van der Waals surface area contributed by atoms with Gasteiger partial charge in [0.2, 0.25) is 0 Å². The standard InChI is InChI=1S/C14H13ClFNOS/c1-18-13-5-2-10(15)6-9(13)8-19-14-7-11(16)3-4-12(14)17/h2-7H,8,17H2,1H3. The highest BCUT2D eigenvalue weighted by molar-refractivity contribution is 7.98. The number of halogens is 2. The minimum Gasteiger partial charge on any atom is -0.496 e. The van der Waals surface area contributed by atoms with E-state index in [1.165, 1.54) is 23.9 Å². The molecule has 100 valence electrons. The van der Waals surface area contributed by atoms with Gasteiger partial charge in [0.05, 0.1) is 7.11 Å². The summed E-state index contributed by atoms with van der Waals surface area (Å²) in [6.07, 6.45) is 0. The van der Waals surface area contributed by atoms with Crippen molar-refractivity contribution in [3.05, 3.63) is 52.8 Å². The van der Waals surface area contributed by atoms with Crippen LogP contribution in [-0.2, 0) is 5.75 Å². The van der Waals surface area contributed by atoms with E-state index in [2.05, 4.69) is 0 Å². The second-order valence-corrected chi connectivity index (χ2v) is 5.38. The fourth-order valence-corrected chi connectivity index (χ4v) is 2.81. The van der Waals surface area contributed by atoms with Crippen LogP contribution in [0, 0.1) is 5.82 Å². The van der Waals surface area contributed by atoms with Gasteiger partial charge in [-0.25, -0.2) is 4.39 Å². The van der Waals surface area contributed by atoms with Crippen molar-refractivity contribution in [2.75, 3.05) is 12.8 Å². The number of hydrogen-bond donors (Lipinski definition) is 1. The normalized spacial score (nSPS) is 10.5. The van der Waals surface area contributed by atoms with Crippen molar-refractivity contribution in [3.63, 3.8) is 0 Å². The first-order chi connectivity index (χ1) is 9.10. The molecule has 0 bridgehead atoms. The number of nitrogen functional groups attached to an aromatic ring is 1. The van der Waals surface area contributed by atoms with Gasteiger partial charge in [-0.15, -0.1) is 11.8 Å². The van der Waals surface area contributed by atoms with Gasteiger partial charge in [0.15, 0.2) is 0 Å². The largest absolute Gasteiger partial charge is 0.496 e. The maximum absolute atomic E-state index is 13.2. The minimum absolute atomic E-state index is 0.297. The Morgan fingerprint density at radius 1 is 1.26 bits per heavy atom. The van der Waals surface area contributed by atoms with E-state index in [1.54, 1.807) is 19.2 Å². The Labute approximate surface area is 120 Å². The molecular formula is C14H13ClFNOS. The van der Waals surface area contributed by atoms with Crippen LogP contribution in [0.4, 0.5) is 10.1 Å². The first-order valence-corrected chi connectivity index (χ1v) is 6.96. The third-order valence-corrected chi connectivity index (χ3v) is 3.96. The molecule has 0 saturated heterocycles. The van der Waals surface area contributed by atoms with Gasteiger partial charge in [-0.2, -0.15) is 0 Å². The lowest BCUT2D eigenvalue weighted by Crippen LogP contribution is -1.92. The molecule has 0 heterocycles. The van der Waals surface area contributed by atoms with Crippen LogP contribution in [0.3, 0.4) is 0 Å². The van der Waals surface area contributed by atoms with Crippen molar-refractivity contribution in [2.45, 2.75) is 10.6 Å². The highest BCUT2D eigenvalue weighted by Crippen LogP contribution is 2.32. The van der Waals surface area contributed by atoms with E-state index in [9.17, 15) is 4.39 Å². The van der Waals surface area contributed by atoms with Gasteiger partial charge < -0.3 is 10.5 Å². The molecule has 5 heteroatoms. The van der Waals surface area contributed by atoms with Crippen LogP contribution in [0.5, 0.6) is 5.75 Å². The van der Waals surface area contributed by atoms with Gasteiger partial charge in [-0.05, 0) is 36.4 Å². The second kappa shape index (κ2) is 6.17. The van der Waals surface area contributed by atoms with Gasteiger partial charge in [-0.3, -0.25) is 0 Å². The van der Waals surface area contributed by atoms with Gasteiger partial charge in [0, 0.05) is 26.9 Å². The Morgan fingerprint density at radius 2 is 2.05 bits per heavy atom. The summed E-state index contributed by atoms with van der Waals surface area (Å²) in [4.78, 5) is 0.710. The molecule has 0 aliphatic heterocycles. The van der Waals surface area contributed by atoms with Crippen LogP contribution in [0.1, 0.15) is 5.56 Å². The van der Waals surface area contributed by atoms with Gasteiger partial charge >= 0.3 is 0 Å². The Balaban J connectivity index is 2.18. The molecule has 0 aromatic heterocycles. The number of benzene rings is 2. The minimum atomic E-state index is -0.297. The van der Waals surface area contributed by atoms with Crippen LogP contribution in [0.15, 0.2) is 41.3 Å². The van der Waals surface area contributed by atoms with Crippen molar-refractivity contribution in [1.29, 1.82) is 0 Å². The first-order valence-electron chi connectivity index (χ1n) is 5.60. The Bertz CT molecular complexity index is 592. The lowest BCUT2D eigenvalue weighted by molar-refractivity contribution is 0.411. The summed E-state index contributed by atoms with van der Waals surface area (Å²) in [5, 5.41) is 0.642. The molecule has 2 aromatic rings. The Hall–Kier alpha value is -1.39. The molecule has 2 nitrogen and oxygen atoms in total. The molecule has 0 atom stereocenters. The first kappa shape index (κ1) is 14.0. The third kappa shape index (κ3) is 3.55. The summed E-state index contributed by atoms with van der Waals surface area (Å²) in [6.45, 7) is 0. The van der Waals surface area contributed by atoms with Crippen LogP contribution >= 0.6 is 23.4 Å². The van der Waals surface area contributed by atoms with Crippen molar-refractivity contribution in [1.82, 2.24) is 0 Å². The van der Waals surface area contributed by atoms with E-state index in [4.69, 9.17) is 22.1 Å². The highest BCUT2D eigenvalue weighted by Gasteiger charge is 2.07. The zero-order valence-electron chi connectivity index (χ0n) is 10.3. The summed E-state index contributed by atoms with van der Waals surface area (Å²) >= 11 is 7.41. The molecule has 0 unspecified atom stereocenters. The second-order valence-electron chi connectivity index (χ2n) is 3.93. The molecule has 0 amide bonds. The number of rotatable bonds is 4. The van der Waals surface area contributed by atoms with Crippen molar-refractivity contribution in [3.8, 4) is 5.75 Å². The molecule has 0 radical (unpaired) electrons. The molecule has 0 aliphatic rings. The molecule has 2 N–H and O–H groups in total. The van der Waals surface area contributed by atoms with Crippen LogP contribution in [0.2, 0.25) is 5.02 Å². The Morgan fingerprint density at radius 3 is 2.79 bits per heavy atom. The van der Waals surface area contributed by atoms with E-state index < -0.39 is 0 Å². The number of ether oxygens (including phenoxy) is 1. The lowest BCUT2D eigenvalue weighted by atomic mass is 10.2. The van der Waals surface area contributed by atoms with Crippen molar-refractivity contribution >= 4 is 29.1 Å². The number of thioether (sulfide) groups is 1. The predicted molar refractivity (Wildman–Crippen MR) is 78.4 cm³/mol. The monoisotopic (exact) mass is 297 g/mol. The van der Waals surface area contributed by atoms with Gasteiger partial charge in [0.25, 0.3) is 0 Å².